The van der Waals surface area contributed by atoms with Gasteiger partial charge in [0.05, 0.1) is 41.0 Å². The van der Waals surface area contributed by atoms with Crippen LogP contribution in [-0.2, 0) is 6.42 Å². The molecule has 0 aromatic heterocycles. The second-order valence-electron chi connectivity index (χ2n) is 5.96. The van der Waals surface area contributed by atoms with Crippen LogP contribution >= 0.6 is 0 Å². The van der Waals surface area contributed by atoms with Crippen LogP contribution in [0.25, 0.3) is 0 Å². The lowest BCUT2D eigenvalue weighted by atomic mass is 9.89. The molecule has 0 radical (unpaired) electrons. The number of Topliss-reactive ketones (excluding diaryl/α,β-unsaturated/α-hetero) is 1. The maximum absolute atomic E-state index is 13.0. The molecule has 0 amide bonds. The third-order valence-corrected chi connectivity index (χ3v) is 4.50. The monoisotopic (exact) mass is 358 g/mol. The molecule has 2 aromatic carbocycles. The van der Waals surface area contributed by atoms with Gasteiger partial charge in [0.1, 0.15) is 11.5 Å². The largest absolute Gasteiger partial charge is 0.497 e. The maximum atomic E-state index is 13.0. The van der Waals surface area contributed by atoms with E-state index in [1.54, 1.807) is 19.2 Å². The summed E-state index contributed by atoms with van der Waals surface area (Å²) in [5.74, 6) is 2.57. The second-order valence-corrected chi connectivity index (χ2v) is 5.96. The molecule has 1 aliphatic heterocycles. The Bertz CT molecular complexity index is 789. The first kappa shape index (κ1) is 17.9. The molecular formula is C20H22O6. The first-order chi connectivity index (χ1) is 12.6. The van der Waals surface area contributed by atoms with Crippen LogP contribution in [-0.4, -0.2) is 40.8 Å². The SMILES string of the molecule is COc1ccc2c(c1)OCC(C(=O)c1cc(OC)c(OC)c(OC)c1)C2. The summed E-state index contributed by atoms with van der Waals surface area (Å²) >= 11 is 0. The van der Waals surface area contributed by atoms with E-state index in [0.29, 0.717) is 35.8 Å². The van der Waals surface area contributed by atoms with E-state index < -0.39 is 0 Å². The van der Waals surface area contributed by atoms with Gasteiger partial charge in [-0.05, 0) is 30.2 Å². The Morgan fingerprint density at radius 2 is 1.65 bits per heavy atom. The van der Waals surface area contributed by atoms with E-state index in [1.165, 1.54) is 21.3 Å². The van der Waals surface area contributed by atoms with E-state index in [-0.39, 0.29) is 11.7 Å². The molecule has 1 aliphatic rings. The number of rotatable bonds is 6. The first-order valence-corrected chi connectivity index (χ1v) is 8.25. The molecule has 0 fully saturated rings. The average Bonchev–Trinajstić information content (AvgIpc) is 2.71. The Balaban J connectivity index is 1.88. The highest BCUT2D eigenvalue weighted by Gasteiger charge is 2.28. The molecule has 26 heavy (non-hydrogen) atoms. The summed E-state index contributed by atoms with van der Waals surface area (Å²) in [5.41, 5.74) is 1.49. The number of ether oxygens (including phenoxy) is 5. The van der Waals surface area contributed by atoms with Crippen molar-refractivity contribution in [1.82, 2.24) is 0 Å². The number of methoxy groups -OCH3 is 4. The number of fused-ring (bicyclic) bond motifs is 1. The van der Waals surface area contributed by atoms with Gasteiger partial charge in [-0.3, -0.25) is 4.79 Å². The van der Waals surface area contributed by atoms with E-state index in [4.69, 9.17) is 23.7 Å². The van der Waals surface area contributed by atoms with Gasteiger partial charge >= 0.3 is 0 Å². The number of carbonyl (C=O) groups excluding carboxylic acids is 1. The van der Waals surface area contributed by atoms with Crippen molar-refractivity contribution < 1.29 is 28.5 Å². The van der Waals surface area contributed by atoms with Crippen LogP contribution < -0.4 is 23.7 Å². The van der Waals surface area contributed by atoms with Crippen molar-refractivity contribution in [2.24, 2.45) is 5.92 Å². The fraction of sp³-hybridized carbons (Fsp3) is 0.350. The van der Waals surface area contributed by atoms with Gasteiger partial charge in [0.25, 0.3) is 0 Å². The Morgan fingerprint density at radius 3 is 2.23 bits per heavy atom. The minimum Gasteiger partial charge on any atom is -0.497 e. The van der Waals surface area contributed by atoms with Gasteiger partial charge in [0.15, 0.2) is 17.3 Å². The van der Waals surface area contributed by atoms with Gasteiger partial charge in [-0.15, -0.1) is 0 Å². The molecule has 0 spiro atoms. The van der Waals surface area contributed by atoms with E-state index in [0.717, 1.165) is 17.1 Å². The molecule has 0 saturated heterocycles. The average molecular weight is 358 g/mol. The third kappa shape index (κ3) is 3.27. The Hall–Kier alpha value is -2.89. The highest BCUT2D eigenvalue weighted by Crippen LogP contribution is 2.39. The molecular weight excluding hydrogens is 336 g/mol. The molecule has 3 rings (SSSR count). The molecule has 0 N–H and O–H groups in total. The molecule has 2 aromatic rings. The quantitative estimate of drug-likeness (QED) is 0.739. The predicted octanol–water partition coefficient (Wildman–Crippen LogP) is 3.16. The van der Waals surface area contributed by atoms with Gasteiger partial charge in [-0.1, -0.05) is 6.07 Å². The first-order valence-electron chi connectivity index (χ1n) is 8.25. The number of hydrogen-bond donors (Lipinski definition) is 0. The van der Waals surface area contributed by atoms with Gasteiger partial charge in [0, 0.05) is 11.6 Å². The van der Waals surface area contributed by atoms with E-state index in [1.807, 2.05) is 18.2 Å². The molecule has 1 atom stereocenters. The topological polar surface area (TPSA) is 63.2 Å². The molecule has 0 saturated carbocycles. The number of carbonyl (C=O) groups is 1. The summed E-state index contributed by atoms with van der Waals surface area (Å²) < 4.78 is 27.0. The number of benzene rings is 2. The zero-order chi connectivity index (χ0) is 18.7. The Kier molecular flexibility index (Phi) is 5.21. The third-order valence-electron chi connectivity index (χ3n) is 4.50. The lowest BCUT2D eigenvalue weighted by Gasteiger charge is -2.25. The molecule has 1 unspecified atom stereocenters. The van der Waals surface area contributed by atoms with Crippen molar-refractivity contribution in [3.8, 4) is 28.7 Å². The molecule has 6 nitrogen and oxygen atoms in total. The van der Waals surface area contributed by atoms with Gasteiger partial charge in [-0.25, -0.2) is 0 Å². The summed E-state index contributed by atoms with van der Waals surface area (Å²) in [6, 6.07) is 8.99. The molecule has 0 bridgehead atoms. The summed E-state index contributed by atoms with van der Waals surface area (Å²) in [4.78, 5) is 13.0. The van der Waals surface area contributed by atoms with Gasteiger partial charge < -0.3 is 23.7 Å². The van der Waals surface area contributed by atoms with Crippen LogP contribution in [0.5, 0.6) is 28.7 Å². The van der Waals surface area contributed by atoms with Crippen molar-refractivity contribution in [2.75, 3.05) is 35.0 Å². The van der Waals surface area contributed by atoms with Crippen LogP contribution in [0, 0.1) is 5.92 Å². The second kappa shape index (κ2) is 7.56. The van der Waals surface area contributed by atoms with Crippen molar-refractivity contribution in [1.29, 1.82) is 0 Å². The fourth-order valence-corrected chi connectivity index (χ4v) is 3.11. The lowest BCUT2D eigenvalue weighted by Crippen LogP contribution is -2.28. The summed E-state index contributed by atoms with van der Waals surface area (Å²) in [5, 5.41) is 0. The lowest BCUT2D eigenvalue weighted by molar-refractivity contribution is 0.0854. The van der Waals surface area contributed by atoms with Crippen LogP contribution in [0.15, 0.2) is 30.3 Å². The molecule has 6 heteroatoms. The number of ketones is 1. The Morgan fingerprint density at radius 1 is 0.962 bits per heavy atom. The summed E-state index contributed by atoms with van der Waals surface area (Å²) in [7, 11) is 6.20. The van der Waals surface area contributed by atoms with E-state index >= 15 is 0 Å². The smallest absolute Gasteiger partial charge is 0.203 e. The molecule has 0 aliphatic carbocycles. The van der Waals surface area contributed by atoms with Crippen LogP contribution in [0.3, 0.4) is 0 Å². The zero-order valence-electron chi connectivity index (χ0n) is 15.3. The molecule has 1 heterocycles. The van der Waals surface area contributed by atoms with E-state index in [2.05, 4.69) is 0 Å². The highest BCUT2D eigenvalue weighted by atomic mass is 16.5. The van der Waals surface area contributed by atoms with E-state index in [9.17, 15) is 4.79 Å². The van der Waals surface area contributed by atoms with Gasteiger partial charge in [-0.2, -0.15) is 0 Å². The predicted molar refractivity (Wildman–Crippen MR) is 96.1 cm³/mol. The van der Waals surface area contributed by atoms with Crippen molar-refractivity contribution >= 4 is 5.78 Å². The van der Waals surface area contributed by atoms with Crippen LogP contribution in [0.1, 0.15) is 15.9 Å². The normalized spacial score (nSPS) is 15.5. The van der Waals surface area contributed by atoms with Crippen molar-refractivity contribution in [3.05, 3.63) is 41.5 Å². The minimum absolute atomic E-state index is 0.0225. The molecule has 138 valence electrons. The number of hydrogen-bond acceptors (Lipinski definition) is 6. The van der Waals surface area contributed by atoms with Crippen molar-refractivity contribution in [3.63, 3.8) is 0 Å². The van der Waals surface area contributed by atoms with Crippen LogP contribution in [0.2, 0.25) is 0 Å². The highest BCUT2D eigenvalue weighted by molar-refractivity contribution is 5.99. The summed E-state index contributed by atoms with van der Waals surface area (Å²) in [6.45, 7) is 0.315. The minimum atomic E-state index is -0.279. The zero-order valence-corrected chi connectivity index (χ0v) is 15.3. The fourth-order valence-electron chi connectivity index (χ4n) is 3.11. The van der Waals surface area contributed by atoms with Crippen LogP contribution in [0.4, 0.5) is 0 Å². The summed E-state index contributed by atoms with van der Waals surface area (Å²) in [6.07, 6.45) is 0.606. The Labute approximate surface area is 152 Å². The standard InChI is InChI=1S/C20H22O6/c1-22-15-6-5-12-7-14(11-26-16(12)10-15)19(21)13-8-17(23-2)20(25-4)18(9-13)24-3/h5-6,8-10,14H,7,11H2,1-4H3. The van der Waals surface area contributed by atoms with Gasteiger partial charge in [0.2, 0.25) is 5.75 Å². The maximum Gasteiger partial charge on any atom is 0.203 e. The van der Waals surface area contributed by atoms with Crippen molar-refractivity contribution in [2.45, 2.75) is 6.42 Å².